The van der Waals surface area contributed by atoms with Gasteiger partial charge in [-0.05, 0) is 120 Å². The number of fused-ring (bicyclic) bond motifs is 8. The average Bonchev–Trinajstić information content (AvgIpc) is 3.91. The van der Waals surface area contributed by atoms with Crippen LogP contribution in [0.1, 0.15) is 0 Å². The van der Waals surface area contributed by atoms with E-state index in [0.717, 1.165) is 5.69 Å². The molecule has 13 aromatic rings. The van der Waals surface area contributed by atoms with Gasteiger partial charge in [0.1, 0.15) is 0 Å². The molecule has 64 heavy (non-hydrogen) atoms. The number of rotatable bonds is 6. The highest BCUT2D eigenvalue weighted by Gasteiger charge is 2.20. The second-order valence-corrected chi connectivity index (χ2v) is 17.8. The summed E-state index contributed by atoms with van der Waals surface area (Å²) < 4.78 is 5.07. The molecule has 0 bridgehead atoms. The Morgan fingerprint density at radius 2 is 0.734 bits per heavy atom. The van der Waals surface area contributed by atoms with E-state index in [-0.39, 0.29) is 0 Å². The van der Waals surface area contributed by atoms with Gasteiger partial charge in [0.15, 0.2) is 0 Å². The van der Waals surface area contributed by atoms with Gasteiger partial charge in [-0.15, -0.1) is 11.3 Å². The first-order chi connectivity index (χ1) is 31.7. The van der Waals surface area contributed by atoms with Gasteiger partial charge in [-0.1, -0.05) is 188 Å². The van der Waals surface area contributed by atoms with Crippen LogP contribution in [0.15, 0.2) is 237 Å². The molecule has 0 spiro atoms. The molecule has 0 amide bonds. The highest BCUT2D eigenvalue weighted by atomic mass is 32.1. The van der Waals surface area contributed by atoms with Crippen LogP contribution < -0.4 is 0 Å². The van der Waals surface area contributed by atoms with Crippen molar-refractivity contribution < 1.29 is 0 Å². The lowest BCUT2D eigenvalue weighted by Gasteiger charge is -2.18. The molecule has 13 rings (SSSR count). The summed E-state index contributed by atoms with van der Waals surface area (Å²) in [6.07, 6.45) is 0. The lowest BCUT2D eigenvalue weighted by molar-refractivity contribution is 1.18. The van der Waals surface area contributed by atoms with Gasteiger partial charge in [0.2, 0.25) is 0 Å². The number of hydrogen-bond donors (Lipinski definition) is 0. The molecule has 2 aromatic heterocycles. The minimum atomic E-state index is 1.14. The van der Waals surface area contributed by atoms with Crippen molar-refractivity contribution in [2.75, 3.05) is 0 Å². The average molecular weight is 830 g/mol. The summed E-state index contributed by atoms with van der Waals surface area (Å²) in [5.74, 6) is 0. The van der Waals surface area contributed by atoms with Crippen LogP contribution in [0.2, 0.25) is 0 Å². The van der Waals surface area contributed by atoms with Crippen molar-refractivity contribution in [3.05, 3.63) is 237 Å². The molecule has 0 atom stereocenters. The van der Waals surface area contributed by atoms with Crippen molar-refractivity contribution in [2.45, 2.75) is 0 Å². The van der Waals surface area contributed by atoms with E-state index in [4.69, 9.17) is 0 Å². The summed E-state index contributed by atoms with van der Waals surface area (Å²) in [5.41, 5.74) is 15.9. The van der Waals surface area contributed by atoms with E-state index >= 15 is 0 Å². The van der Waals surface area contributed by atoms with Crippen molar-refractivity contribution in [1.82, 2.24) is 4.57 Å². The SMILES string of the molecule is c1ccc(-c2ccc3sc4c(-c5ccc6c7ccccc7n(-c7ccc(-c8c9ccccc9c(-c9ccccc9)c9ccccc89)cc7)c6c5)cc(-c5ccccc5)cc4c3c2)cc1. The Morgan fingerprint density at radius 1 is 0.266 bits per heavy atom. The summed E-state index contributed by atoms with van der Waals surface area (Å²) in [7, 11) is 0. The fourth-order valence-corrected chi connectivity index (χ4v) is 11.4. The molecule has 0 radical (unpaired) electrons. The second kappa shape index (κ2) is 14.8. The zero-order valence-electron chi connectivity index (χ0n) is 34.9. The fourth-order valence-electron chi connectivity index (χ4n) is 10.2. The Morgan fingerprint density at radius 3 is 1.36 bits per heavy atom. The molecular weight excluding hydrogens is 791 g/mol. The molecule has 0 saturated heterocycles. The van der Waals surface area contributed by atoms with Gasteiger partial charge in [0.25, 0.3) is 0 Å². The monoisotopic (exact) mass is 829 g/mol. The van der Waals surface area contributed by atoms with Gasteiger partial charge in [-0.2, -0.15) is 0 Å². The third-order valence-electron chi connectivity index (χ3n) is 13.2. The summed E-state index contributed by atoms with van der Waals surface area (Å²) in [6.45, 7) is 0. The molecule has 0 unspecified atom stereocenters. The van der Waals surface area contributed by atoms with Crippen molar-refractivity contribution in [3.8, 4) is 61.3 Å². The van der Waals surface area contributed by atoms with Crippen LogP contribution in [0.25, 0.3) is 125 Å². The Balaban J connectivity index is 1.000. The van der Waals surface area contributed by atoms with Crippen molar-refractivity contribution in [2.24, 2.45) is 0 Å². The first kappa shape index (κ1) is 36.6. The standard InChI is InChI=1S/C62H39NS/c1-4-16-40(17-5-1)44-31-35-59-55(36-44)56-38-46(41-18-6-2-7-19-41)37-54(62(56)64-59)45-30-34-49-48-22-14-15-27-57(48)63(58(49)39-45)47-32-28-43(29-33-47)61-52-25-12-10-23-50(52)60(42-20-8-3-9-21-42)51-24-11-13-26-53(51)61/h1-39H. The first-order valence-corrected chi connectivity index (χ1v) is 22.8. The van der Waals surface area contributed by atoms with Crippen LogP contribution in [0.4, 0.5) is 0 Å². The normalized spacial score (nSPS) is 11.8. The fraction of sp³-hybridized carbons (Fsp3) is 0. The van der Waals surface area contributed by atoms with E-state index in [2.05, 4.69) is 241 Å². The molecule has 0 saturated carbocycles. The van der Waals surface area contributed by atoms with Gasteiger partial charge < -0.3 is 4.57 Å². The number of hydrogen-bond acceptors (Lipinski definition) is 1. The molecule has 0 N–H and O–H groups in total. The molecule has 0 aliphatic rings. The van der Waals surface area contributed by atoms with Gasteiger partial charge >= 0.3 is 0 Å². The van der Waals surface area contributed by atoms with E-state index in [1.165, 1.54) is 119 Å². The van der Waals surface area contributed by atoms with E-state index in [1.54, 1.807) is 0 Å². The van der Waals surface area contributed by atoms with Crippen LogP contribution in [0.3, 0.4) is 0 Å². The number of para-hydroxylation sites is 1. The topological polar surface area (TPSA) is 4.93 Å². The van der Waals surface area contributed by atoms with Gasteiger partial charge in [-0.3, -0.25) is 0 Å². The van der Waals surface area contributed by atoms with Crippen molar-refractivity contribution in [1.29, 1.82) is 0 Å². The van der Waals surface area contributed by atoms with Crippen LogP contribution in [-0.4, -0.2) is 4.57 Å². The molecule has 0 aliphatic heterocycles. The van der Waals surface area contributed by atoms with Crippen LogP contribution in [0.5, 0.6) is 0 Å². The van der Waals surface area contributed by atoms with E-state index in [1.807, 2.05) is 11.3 Å². The van der Waals surface area contributed by atoms with Gasteiger partial charge in [0, 0.05) is 42.2 Å². The second-order valence-electron chi connectivity index (χ2n) is 16.8. The van der Waals surface area contributed by atoms with Crippen LogP contribution in [-0.2, 0) is 0 Å². The molecule has 0 aliphatic carbocycles. The third kappa shape index (κ3) is 5.84. The maximum Gasteiger partial charge on any atom is 0.0547 e. The zero-order valence-corrected chi connectivity index (χ0v) is 35.7. The van der Waals surface area contributed by atoms with E-state index < -0.39 is 0 Å². The highest BCUT2D eigenvalue weighted by molar-refractivity contribution is 7.26. The number of nitrogens with zero attached hydrogens (tertiary/aromatic N) is 1. The maximum atomic E-state index is 2.46. The molecule has 11 aromatic carbocycles. The third-order valence-corrected chi connectivity index (χ3v) is 14.4. The smallest absolute Gasteiger partial charge is 0.0547 e. The number of benzene rings is 11. The Labute approximate surface area is 375 Å². The number of aromatic nitrogens is 1. The summed E-state index contributed by atoms with van der Waals surface area (Å²) in [6, 6.07) is 87.2. The Kier molecular flexibility index (Phi) is 8.47. The number of thiophene rings is 1. The molecule has 0 fully saturated rings. The predicted molar refractivity (Wildman–Crippen MR) is 276 cm³/mol. The molecule has 298 valence electrons. The first-order valence-electron chi connectivity index (χ1n) is 22.0. The molecule has 2 heterocycles. The summed E-state index contributed by atoms with van der Waals surface area (Å²) in [5, 5.41) is 10.1. The predicted octanol–water partition coefficient (Wildman–Crippen LogP) is 17.8. The highest BCUT2D eigenvalue weighted by Crippen LogP contribution is 2.47. The Bertz CT molecular complexity index is 3860. The van der Waals surface area contributed by atoms with Crippen LogP contribution in [0, 0.1) is 0 Å². The zero-order chi connectivity index (χ0) is 42.1. The van der Waals surface area contributed by atoms with Crippen LogP contribution >= 0.6 is 11.3 Å². The molecule has 2 heteroatoms. The molecular formula is C62H39NS. The minimum absolute atomic E-state index is 1.14. The van der Waals surface area contributed by atoms with Crippen molar-refractivity contribution in [3.63, 3.8) is 0 Å². The van der Waals surface area contributed by atoms with E-state index in [9.17, 15) is 0 Å². The van der Waals surface area contributed by atoms with Crippen molar-refractivity contribution >= 4 is 74.9 Å². The lowest BCUT2D eigenvalue weighted by atomic mass is 9.86. The van der Waals surface area contributed by atoms with Gasteiger partial charge in [0.05, 0.1) is 11.0 Å². The Hall–Kier alpha value is -8.04. The van der Waals surface area contributed by atoms with Gasteiger partial charge in [-0.25, -0.2) is 0 Å². The summed E-state index contributed by atoms with van der Waals surface area (Å²) in [4.78, 5) is 0. The maximum absolute atomic E-state index is 2.46. The quantitative estimate of drug-likeness (QED) is 0.147. The van der Waals surface area contributed by atoms with E-state index in [0.29, 0.717) is 0 Å². The molecule has 1 nitrogen and oxygen atoms in total. The largest absolute Gasteiger partial charge is 0.309 e. The minimum Gasteiger partial charge on any atom is -0.309 e. The lowest BCUT2D eigenvalue weighted by Crippen LogP contribution is -1.95. The summed E-state index contributed by atoms with van der Waals surface area (Å²) >= 11 is 1.90.